The van der Waals surface area contributed by atoms with E-state index in [0.717, 1.165) is 0 Å². The highest BCUT2D eigenvalue weighted by Gasteiger charge is 2.36. The van der Waals surface area contributed by atoms with Crippen molar-refractivity contribution in [2.75, 3.05) is 18.4 Å². The maximum absolute atomic E-state index is 12.2. The molecule has 6 nitrogen and oxygen atoms in total. The maximum Gasteiger partial charge on any atom is 0.422 e. The van der Waals surface area contributed by atoms with Crippen molar-refractivity contribution in [3.63, 3.8) is 0 Å². The predicted octanol–water partition coefficient (Wildman–Crippen LogP) is 1.62. The minimum absolute atomic E-state index is 0.0107. The average Bonchev–Trinajstić information content (AvgIpc) is 2.12. The zero-order valence-electron chi connectivity index (χ0n) is 10.2. The molecule has 0 aromatic carbocycles. The highest BCUT2D eigenvalue weighted by Crippen LogP contribution is 2.18. The van der Waals surface area contributed by atoms with Gasteiger partial charge in [0.1, 0.15) is 6.54 Å². The molecule has 0 atom stereocenters. The Balaban J connectivity index is 4.84. The molecule has 0 bridgehead atoms. The molecule has 0 aromatic heterocycles. The molecule has 0 saturated carbocycles. The molecule has 0 unspecified atom stereocenters. The Morgan fingerprint density at radius 3 is 2.32 bits per heavy atom. The number of hydrogen-bond donors (Lipinski definition) is 1. The van der Waals surface area contributed by atoms with Gasteiger partial charge in [0.05, 0.1) is 6.10 Å². The number of carbonyl (C=O) groups is 1. The van der Waals surface area contributed by atoms with Crippen LogP contribution in [0.4, 0.5) is 18.0 Å². The maximum atomic E-state index is 12.2. The molecule has 0 aliphatic rings. The number of alkyl halides is 4. The number of hydrogen-bond acceptors (Lipinski definition) is 4. The average molecular weight is 371 g/mol. The number of amides is 1. The number of halogens is 4. The van der Waals surface area contributed by atoms with Crippen LogP contribution in [-0.4, -0.2) is 49.5 Å². The van der Waals surface area contributed by atoms with Crippen LogP contribution in [0, 0.1) is 0 Å². The van der Waals surface area contributed by atoms with Crippen molar-refractivity contribution in [2.24, 2.45) is 0 Å². The van der Waals surface area contributed by atoms with Gasteiger partial charge in [-0.15, -0.1) is 0 Å². The van der Waals surface area contributed by atoms with Gasteiger partial charge in [-0.2, -0.15) is 25.9 Å². The lowest BCUT2D eigenvalue weighted by Gasteiger charge is -2.22. The lowest BCUT2D eigenvalue weighted by atomic mass is 10.5. The van der Waals surface area contributed by atoms with E-state index in [1.807, 2.05) is 0 Å². The predicted molar refractivity (Wildman–Crippen MR) is 65.1 cm³/mol. The van der Waals surface area contributed by atoms with E-state index < -0.39 is 41.7 Å². The topological polar surface area (TPSA) is 75.7 Å². The Morgan fingerprint density at radius 2 is 1.95 bits per heavy atom. The number of carbonyl (C=O) groups excluding carboxylic acids is 1. The van der Waals surface area contributed by atoms with E-state index in [2.05, 4.69) is 20.7 Å². The second kappa shape index (κ2) is 7.29. The van der Waals surface area contributed by atoms with E-state index in [-0.39, 0.29) is 9.64 Å². The van der Waals surface area contributed by atoms with Gasteiger partial charge in [0.15, 0.2) is 0 Å². The second-order valence-corrected chi connectivity index (χ2v) is 6.16. The molecule has 0 rings (SSSR count). The van der Waals surface area contributed by atoms with Crippen LogP contribution in [-0.2, 0) is 14.9 Å². The van der Waals surface area contributed by atoms with Crippen LogP contribution in [0.1, 0.15) is 13.8 Å². The fraction of sp³-hybridized carbons (Fsp3) is 0.875. The molecule has 11 heteroatoms. The summed E-state index contributed by atoms with van der Waals surface area (Å²) in [5, 5.41) is -0.0107. The van der Waals surface area contributed by atoms with E-state index >= 15 is 0 Å². The molecule has 0 fully saturated rings. The quantitative estimate of drug-likeness (QED) is 0.721. The largest absolute Gasteiger partial charge is 0.446 e. The highest BCUT2D eigenvalue weighted by molar-refractivity contribution is 9.09. The van der Waals surface area contributed by atoms with Crippen molar-refractivity contribution in [3.8, 4) is 0 Å². The van der Waals surface area contributed by atoms with Crippen molar-refractivity contribution >= 4 is 32.2 Å². The number of ether oxygens (including phenoxy) is 1. The first-order chi connectivity index (χ1) is 8.48. The molecule has 114 valence electrons. The molecule has 1 N–H and O–H groups in total. The van der Waals surface area contributed by atoms with Crippen molar-refractivity contribution < 1.29 is 31.1 Å². The summed E-state index contributed by atoms with van der Waals surface area (Å²) in [7, 11) is -4.60. The Morgan fingerprint density at radius 1 is 1.42 bits per heavy atom. The van der Waals surface area contributed by atoms with E-state index in [9.17, 15) is 26.4 Å². The third kappa shape index (κ3) is 8.26. The van der Waals surface area contributed by atoms with Crippen LogP contribution in [0.15, 0.2) is 0 Å². The zero-order chi connectivity index (χ0) is 15.3. The number of nitrogens with zero attached hydrogens (tertiary/aromatic N) is 1. The summed E-state index contributed by atoms with van der Waals surface area (Å²) >= 11 is 2.84. The molecule has 19 heavy (non-hydrogen) atoms. The SMILES string of the molecule is CC(C)OC(=O)NS(=O)(=O)N(CCBr)CC(F)(F)F. The first-order valence-electron chi connectivity index (χ1n) is 5.09. The summed E-state index contributed by atoms with van der Waals surface area (Å²) in [6, 6.07) is 0. The Kier molecular flexibility index (Phi) is 7.08. The molecule has 0 aliphatic heterocycles. The Hall–Kier alpha value is -0.550. The summed E-state index contributed by atoms with van der Waals surface area (Å²) in [6.45, 7) is 0.809. The molecule has 1 amide bonds. The molecule has 0 aliphatic carbocycles. The van der Waals surface area contributed by atoms with Crippen molar-refractivity contribution in [1.29, 1.82) is 0 Å². The van der Waals surface area contributed by atoms with Crippen LogP contribution in [0.5, 0.6) is 0 Å². The van der Waals surface area contributed by atoms with Gasteiger partial charge in [0, 0.05) is 11.9 Å². The summed E-state index contributed by atoms with van der Waals surface area (Å²) < 4.78 is 65.9. The molecule has 0 spiro atoms. The zero-order valence-corrected chi connectivity index (χ0v) is 12.6. The van der Waals surface area contributed by atoms with Gasteiger partial charge in [-0.1, -0.05) is 15.9 Å². The van der Waals surface area contributed by atoms with Gasteiger partial charge >= 0.3 is 22.5 Å². The first-order valence-corrected chi connectivity index (χ1v) is 7.65. The van der Waals surface area contributed by atoms with Gasteiger partial charge in [-0.25, -0.2) is 9.52 Å². The Labute approximate surface area is 117 Å². The summed E-state index contributed by atoms with van der Waals surface area (Å²) in [4.78, 5) is 11.1. The van der Waals surface area contributed by atoms with Crippen molar-refractivity contribution in [2.45, 2.75) is 26.1 Å². The lowest BCUT2D eigenvalue weighted by molar-refractivity contribution is -0.135. The van der Waals surface area contributed by atoms with Crippen LogP contribution < -0.4 is 4.72 Å². The van der Waals surface area contributed by atoms with Crippen LogP contribution in [0.2, 0.25) is 0 Å². The molecule has 0 heterocycles. The second-order valence-electron chi connectivity index (χ2n) is 3.70. The monoisotopic (exact) mass is 370 g/mol. The lowest BCUT2D eigenvalue weighted by Crippen LogP contribution is -2.48. The summed E-state index contributed by atoms with van der Waals surface area (Å²) in [5.74, 6) is 0. The van der Waals surface area contributed by atoms with Crippen LogP contribution in [0.25, 0.3) is 0 Å². The summed E-state index contributed by atoms with van der Waals surface area (Å²) in [6.07, 6.45) is -6.63. The van der Waals surface area contributed by atoms with E-state index in [4.69, 9.17) is 0 Å². The molecule has 0 radical (unpaired) electrons. The molecular formula is C8H14BrF3N2O4S. The minimum Gasteiger partial charge on any atom is -0.446 e. The standard InChI is InChI=1S/C8H14BrF3N2O4S/c1-6(2)18-7(15)13-19(16,17)14(4-3-9)5-8(10,11)12/h6H,3-5H2,1-2H3,(H,13,15). The minimum atomic E-state index is -4.71. The number of nitrogens with one attached hydrogen (secondary N) is 1. The van der Waals surface area contributed by atoms with Gasteiger partial charge in [-0.05, 0) is 13.8 Å². The fourth-order valence-corrected chi connectivity index (χ4v) is 2.69. The summed E-state index contributed by atoms with van der Waals surface area (Å²) in [5.41, 5.74) is 0. The smallest absolute Gasteiger partial charge is 0.422 e. The third-order valence-corrected chi connectivity index (χ3v) is 3.36. The normalized spacial score (nSPS) is 12.8. The molecular weight excluding hydrogens is 357 g/mol. The van der Waals surface area contributed by atoms with Gasteiger partial charge in [-0.3, -0.25) is 0 Å². The van der Waals surface area contributed by atoms with Crippen molar-refractivity contribution in [3.05, 3.63) is 0 Å². The molecule has 0 saturated heterocycles. The fourth-order valence-electron chi connectivity index (χ4n) is 0.986. The highest BCUT2D eigenvalue weighted by atomic mass is 79.9. The van der Waals surface area contributed by atoms with E-state index in [1.54, 1.807) is 0 Å². The van der Waals surface area contributed by atoms with Crippen LogP contribution in [0.3, 0.4) is 0 Å². The van der Waals surface area contributed by atoms with Gasteiger partial charge in [0.25, 0.3) is 0 Å². The van der Waals surface area contributed by atoms with E-state index in [1.165, 1.54) is 18.6 Å². The molecule has 0 aromatic rings. The van der Waals surface area contributed by atoms with Gasteiger partial charge < -0.3 is 4.74 Å². The Bertz CT molecular complexity index is 399. The first kappa shape index (κ1) is 18.4. The third-order valence-electron chi connectivity index (χ3n) is 1.58. The van der Waals surface area contributed by atoms with Crippen LogP contribution >= 0.6 is 15.9 Å². The van der Waals surface area contributed by atoms with Gasteiger partial charge in [0.2, 0.25) is 0 Å². The number of rotatable bonds is 6. The van der Waals surface area contributed by atoms with Crippen molar-refractivity contribution in [1.82, 2.24) is 9.03 Å². The van der Waals surface area contributed by atoms with E-state index in [0.29, 0.717) is 0 Å².